The van der Waals surface area contributed by atoms with Crippen LogP contribution in [0.2, 0.25) is 0 Å². The Hall–Kier alpha value is -3.90. The molecule has 160 valence electrons. The van der Waals surface area contributed by atoms with Crippen molar-refractivity contribution in [1.82, 2.24) is 0 Å². The smallest absolute Gasteiger partial charge is 0.206 e. The zero-order valence-electron chi connectivity index (χ0n) is 19.1. The van der Waals surface area contributed by atoms with Gasteiger partial charge in [-0.15, -0.1) is 0 Å². The standard InChI is InChI=1S/C26H24N4O2/c1-25(2,3)15-11-18(26(4,5)6)22-19(12-15)31-23-20(29-13-27)16-9-7-8-10-17(16)21(30-14-28)24(23)32-22/h7-12H,1-6H3. The highest BCUT2D eigenvalue weighted by Crippen LogP contribution is 2.35. The van der Waals surface area contributed by atoms with Gasteiger partial charge in [0, 0.05) is 16.3 Å². The number of nitrogens with zero attached hydrogens (tertiary/aromatic N) is 4. The first-order valence-corrected chi connectivity index (χ1v) is 10.4. The zero-order chi connectivity index (χ0) is 23.3. The SMILES string of the molecule is CC(C)(C)c1cc(C(C)(C)C)c2oc3c(=NC#N)c4ccccc4c(=NC#N)c=3oc2c1. The number of rotatable bonds is 0. The molecule has 2 aliphatic rings. The summed E-state index contributed by atoms with van der Waals surface area (Å²) in [6.45, 7) is 12.8. The molecule has 1 aliphatic heterocycles. The summed E-state index contributed by atoms with van der Waals surface area (Å²) in [5, 5.41) is 20.8. The van der Waals surface area contributed by atoms with Crippen LogP contribution in [0.1, 0.15) is 52.7 Å². The van der Waals surface area contributed by atoms with Gasteiger partial charge in [0.25, 0.3) is 0 Å². The molecule has 0 spiro atoms. The summed E-state index contributed by atoms with van der Waals surface area (Å²) in [5.41, 5.74) is 3.49. The van der Waals surface area contributed by atoms with Gasteiger partial charge < -0.3 is 8.83 Å². The van der Waals surface area contributed by atoms with E-state index in [4.69, 9.17) is 8.83 Å². The fourth-order valence-electron chi connectivity index (χ4n) is 3.85. The van der Waals surface area contributed by atoms with Gasteiger partial charge in [-0.2, -0.15) is 20.5 Å². The summed E-state index contributed by atoms with van der Waals surface area (Å²) in [4.78, 5) is 8.09. The topological polar surface area (TPSA) is 98.6 Å². The molecule has 1 aliphatic carbocycles. The Balaban J connectivity index is 2.41. The molecule has 0 radical (unpaired) electrons. The molecule has 0 aromatic heterocycles. The Bertz CT molecular complexity index is 1660. The minimum atomic E-state index is -0.227. The summed E-state index contributed by atoms with van der Waals surface area (Å²) in [6.07, 6.45) is 3.74. The van der Waals surface area contributed by atoms with Crippen molar-refractivity contribution in [3.63, 3.8) is 0 Å². The van der Waals surface area contributed by atoms with Crippen molar-refractivity contribution in [2.24, 2.45) is 9.98 Å². The van der Waals surface area contributed by atoms with Crippen LogP contribution in [0.15, 0.2) is 55.2 Å². The van der Waals surface area contributed by atoms with Crippen LogP contribution >= 0.6 is 0 Å². The fourth-order valence-corrected chi connectivity index (χ4v) is 3.85. The molecule has 4 rings (SSSR count). The normalized spacial score (nSPS) is 13.6. The van der Waals surface area contributed by atoms with E-state index in [0.717, 1.165) is 11.1 Å². The van der Waals surface area contributed by atoms with E-state index < -0.39 is 0 Å². The van der Waals surface area contributed by atoms with Gasteiger partial charge in [0.05, 0.1) is 0 Å². The van der Waals surface area contributed by atoms with Gasteiger partial charge in [-0.1, -0.05) is 71.9 Å². The number of nitriles is 2. The maximum Gasteiger partial charge on any atom is 0.206 e. The number of hydrogen-bond acceptors (Lipinski definition) is 6. The van der Waals surface area contributed by atoms with E-state index >= 15 is 0 Å². The Morgan fingerprint density at radius 1 is 0.750 bits per heavy atom. The number of hydrogen-bond donors (Lipinski definition) is 0. The number of fused-ring (bicyclic) bond motifs is 2. The second-order valence-corrected chi connectivity index (χ2v) is 9.88. The van der Waals surface area contributed by atoms with Crippen molar-refractivity contribution in [1.29, 1.82) is 10.5 Å². The van der Waals surface area contributed by atoms with Crippen LogP contribution in [0.4, 0.5) is 0 Å². The third-order valence-corrected chi connectivity index (χ3v) is 5.54. The molecule has 0 saturated heterocycles. The molecular formula is C26H24N4O2. The summed E-state index contributed by atoms with van der Waals surface area (Å²) in [6, 6.07) is 11.5. The lowest BCUT2D eigenvalue weighted by Gasteiger charge is -2.25. The van der Waals surface area contributed by atoms with Gasteiger partial charge in [0.2, 0.25) is 12.4 Å². The lowest BCUT2D eigenvalue weighted by atomic mass is 9.80. The zero-order valence-corrected chi connectivity index (χ0v) is 19.1. The minimum Gasteiger partial charge on any atom is -0.447 e. The van der Waals surface area contributed by atoms with Gasteiger partial charge in [-0.05, 0) is 22.5 Å². The van der Waals surface area contributed by atoms with Crippen molar-refractivity contribution in [2.75, 3.05) is 0 Å². The Labute approximate surface area is 185 Å². The van der Waals surface area contributed by atoms with E-state index in [0.29, 0.717) is 38.1 Å². The predicted molar refractivity (Wildman–Crippen MR) is 121 cm³/mol. The molecule has 0 bridgehead atoms. The predicted octanol–water partition coefficient (Wildman–Crippen LogP) is 5.26. The van der Waals surface area contributed by atoms with Crippen molar-refractivity contribution in [3.8, 4) is 12.4 Å². The van der Waals surface area contributed by atoms with Gasteiger partial charge in [-0.25, -0.2) is 0 Å². The third-order valence-electron chi connectivity index (χ3n) is 5.54. The maximum absolute atomic E-state index is 9.37. The largest absolute Gasteiger partial charge is 0.447 e. The molecule has 0 saturated carbocycles. The van der Waals surface area contributed by atoms with Crippen molar-refractivity contribution in [3.05, 3.63) is 69.1 Å². The molecule has 1 heterocycles. The summed E-state index contributed by atoms with van der Waals surface area (Å²) >= 11 is 0. The first kappa shape index (κ1) is 21.3. The van der Waals surface area contributed by atoms with Crippen LogP contribution in [0.5, 0.6) is 0 Å². The molecule has 0 fully saturated rings. The molecule has 2 aromatic carbocycles. The molecule has 0 unspecified atom stereocenters. The van der Waals surface area contributed by atoms with Crippen LogP contribution < -0.4 is 10.7 Å². The molecular weight excluding hydrogens is 400 g/mol. The van der Waals surface area contributed by atoms with Crippen LogP contribution in [0.3, 0.4) is 0 Å². The van der Waals surface area contributed by atoms with Crippen molar-refractivity contribution >= 4 is 21.9 Å². The molecule has 0 atom stereocenters. The Kier molecular flexibility index (Phi) is 4.90. The molecule has 6 nitrogen and oxygen atoms in total. The lowest BCUT2D eigenvalue weighted by molar-refractivity contribution is 0.452. The second kappa shape index (κ2) is 7.35. The van der Waals surface area contributed by atoms with E-state index in [-0.39, 0.29) is 16.2 Å². The summed E-state index contributed by atoms with van der Waals surface area (Å²) in [7, 11) is 0. The van der Waals surface area contributed by atoms with Crippen LogP contribution in [-0.2, 0) is 10.8 Å². The molecule has 0 amide bonds. The number of benzene rings is 2. The van der Waals surface area contributed by atoms with Crippen molar-refractivity contribution < 1.29 is 8.83 Å². The van der Waals surface area contributed by atoms with Gasteiger partial charge in [0.1, 0.15) is 10.7 Å². The third kappa shape index (κ3) is 3.44. The second-order valence-electron chi connectivity index (χ2n) is 9.88. The lowest BCUT2D eigenvalue weighted by Crippen LogP contribution is -2.19. The summed E-state index contributed by atoms with van der Waals surface area (Å²) in [5.74, 6) is 0. The van der Waals surface area contributed by atoms with Gasteiger partial charge >= 0.3 is 0 Å². The molecule has 2 aromatic rings. The van der Waals surface area contributed by atoms with Crippen molar-refractivity contribution in [2.45, 2.75) is 52.4 Å². The Morgan fingerprint density at radius 2 is 1.28 bits per heavy atom. The Morgan fingerprint density at radius 3 is 1.75 bits per heavy atom. The van der Waals surface area contributed by atoms with E-state index in [1.54, 1.807) is 0 Å². The highest BCUT2D eigenvalue weighted by Gasteiger charge is 2.25. The quantitative estimate of drug-likeness (QED) is 0.359. The molecule has 0 N–H and O–H groups in total. The first-order valence-electron chi connectivity index (χ1n) is 10.4. The average molecular weight is 425 g/mol. The average Bonchev–Trinajstić information content (AvgIpc) is 2.72. The van der Waals surface area contributed by atoms with E-state index in [1.165, 1.54) is 0 Å². The van der Waals surface area contributed by atoms with Crippen LogP contribution in [-0.4, -0.2) is 0 Å². The van der Waals surface area contributed by atoms with E-state index in [9.17, 15) is 10.5 Å². The molecule has 32 heavy (non-hydrogen) atoms. The van der Waals surface area contributed by atoms with Gasteiger partial charge in [0.15, 0.2) is 22.0 Å². The molecule has 6 heteroatoms. The minimum absolute atomic E-state index is 0.108. The highest BCUT2D eigenvalue weighted by atomic mass is 16.4. The van der Waals surface area contributed by atoms with Crippen LogP contribution in [0.25, 0.3) is 21.9 Å². The van der Waals surface area contributed by atoms with Gasteiger partial charge in [-0.3, -0.25) is 0 Å². The monoisotopic (exact) mass is 424 g/mol. The summed E-state index contributed by atoms with van der Waals surface area (Å²) < 4.78 is 12.8. The first-order chi connectivity index (χ1) is 15.1. The van der Waals surface area contributed by atoms with E-state index in [2.05, 4.69) is 57.6 Å². The fraction of sp³-hybridized carbons (Fsp3) is 0.308. The van der Waals surface area contributed by atoms with Crippen LogP contribution in [0, 0.1) is 33.7 Å². The maximum atomic E-state index is 9.37. The van der Waals surface area contributed by atoms with E-state index in [1.807, 2.05) is 42.7 Å². The highest BCUT2D eigenvalue weighted by molar-refractivity contribution is 5.82.